The Balaban J connectivity index is 1.29. The third-order valence-corrected chi connectivity index (χ3v) is 9.70. The Bertz CT molecular complexity index is 1260. The third-order valence-electron chi connectivity index (χ3n) is 8.28. The van der Waals surface area contributed by atoms with Gasteiger partial charge < -0.3 is 9.80 Å². The predicted octanol–water partition coefficient (Wildman–Crippen LogP) is 2.52. The summed E-state index contributed by atoms with van der Waals surface area (Å²) in [6, 6.07) is 3.80. The standard InChI is InChI=1S/C27H35N5O5S/c28-15-21-14-22(25(34)19-7-8-19)23(16-32-11-3-6-24(32)33)29-26(21)31-12-9-20(10-13-31)27(35)30-38(36,37)17-18-4-1-2-5-18/h14,18-20H,1-13,16-17H2,(H,30,35). The Morgan fingerprint density at radius 3 is 2.34 bits per heavy atom. The number of sulfonamides is 1. The minimum Gasteiger partial charge on any atom is -0.355 e. The monoisotopic (exact) mass is 541 g/mol. The van der Waals surface area contributed by atoms with E-state index >= 15 is 0 Å². The maximum absolute atomic E-state index is 13.0. The minimum absolute atomic E-state index is 0.00125. The van der Waals surface area contributed by atoms with Gasteiger partial charge in [0.1, 0.15) is 11.9 Å². The molecule has 2 aliphatic heterocycles. The number of aromatic nitrogens is 1. The van der Waals surface area contributed by atoms with Crippen molar-refractivity contribution in [2.45, 2.75) is 70.8 Å². The lowest BCUT2D eigenvalue weighted by Gasteiger charge is -2.33. The second-order valence-corrected chi connectivity index (χ2v) is 12.9. The van der Waals surface area contributed by atoms with Gasteiger partial charge in [0.15, 0.2) is 5.78 Å². The van der Waals surface area contributed by atoms with Crippen molar-refractivity contribution in [3.63, 3.8) is 0 Å². The largest absolute Gasteiger partial charge is 0.355 e. The van der Waals surface area contributed by atoms with Gasteiger partial charge in [0.2, 0.25) is 21.8 Å². The Kier molecular flexibility index (Phi) is 7.70. The Labute approximate surface area is 223 Å². The summed E-state index contributed by atoms with van der Waals surface area (Å²) in [4.78, 5) is 46.5. The number of hydrogen-bond acceptors (Lipinski definition) is 8. The van der Waals surface area contributed by atoms with Crippen molar-refractivity contribution in [1.82, 2.24) is 14.6 Å². The number of carbonyl (C=O) groups is 3. The zero-order valence-electron chi connectivity index (χ0n) is 21.7. The molecule has 0 spiro atoms. The summed E-state index contributed by atoms with van der Waals surface area (Å²) in [5.74, 6) is -0.342. The van der Waals surface area contributed by atoms with Gasteiger partial charge in [0.05, 0.1) is 23.6 Å². The van der Waals surface area contributed by atoms with E-state index in [4.69, 9.17) is 4.98 Å². The SMILES string of the molecule is N#Cc1cc(C(=O)C2CC2)c(CN2CCCC2=O)nc1N1CCC(C(=O)NS(=O)(=O)CC2CCCC2)CC1. The van der Waals surface area contributed by atoms with Crippen LogP contribution in [0, 0.1) is 29.1 Å². The number of rotatable bonds is 9. The highest BCUT2D eigenvalue weighted by Gasteiger charge is 2.35. The number of nitrogens with zero attached hydrogens (tertiary/aromatic N) is 4. The van der Waals surface area contributed by atoms with E-state index in [1.165, 1.54) is 0 Å². The zero-order chi connectivity index (χ0) is 26.9. The number of amides is 2. The van der Waals surface area contributed by atoms with Gasteiger partial charge in [-0.25, -0.2) is 13.4 Å². The number of piperidine rings is 1. The maximum atomic E-state index is 13.0. The number of Topliss-reactive ketones (excluding diaryl/α,β-unsaturated/α-hetero) is 1. The molecule has 3 heterocycles. The summed E-state index contributed by atoms with van der Waals surface area (Å²) in [6.45, 7) is 1.72. The van der Waals surface area contributed by atoms with Crippen LogP contribution >= 0.6 is 0 Å². The van der Waals surface area contributed by atoms with Crippen LogP contribution in [0.15, 0.2) is 6.07 Å². The molecule has 2 saturated heterocycles. The predicted molar refractivity (Wildman–Crippen MR) is 139 cm³/mol. The van der Waals surface area contributed by atoms with Gasteiger partial charge in [-0.3, -0.25) is 19.1 Å². The van der Waals surface area contributed by atoms with Crippen molar-refractivity contribution >= 4 is 33.4 Å². The molecule has 1 N–H and O–H groups in total. The van der Waals surface area contributed by atoms with Gasteiger partial charge in [0, 0.05) is 43.5 Å². The first-order chi connectivity index (χ1) is 18.2. The molecular weight excluding hydrogens is 506 g/mol. The topological polar surface area (TPSA) is 141 Å². The fraction of sp³-hybridized carbons (Fsp3) is 0.667. The molecule has 4 aliphatic rings. The Morgan fingerprint density at radius 1 is 1.03 bits per heavy atom. The van der Waals surface area contributed by atoms with Crippen LogP contribution in [-0.2, 0) is 26.2 Å². The van der Waals surface area contributed by atoms with Crippen LogP contribution in [0.2, 0.25) is 0 Å². The summed E-state index contributed by atoms with van der Waals surface area (Å²) in [5, 5.41) is 9.89. The normalized spacial score (nSPS) is 21.1. The molecule has 11 heteroatoms. The zero-order valence-corrected chi connectivity index (χ0v) is 22.5. The summed E-state index contributed by atoms with van der Waals surface area (Å²) >= 11 is 0. The summed E-state index contributed by atoms with van der Waals surface area (Å²) < 4.78 is 27.3. The highest BCUT2D eigenvalue weighted by atomic mass is 32.2. The molecule has 10 nitrogen and oxygen atoms in total. The lowest BCUT2D eigenvalue weighted by molar-refractivity contribution is -0.128. The van der Waals surface area contributed by atoms with Crippen LogP contribution in [0.1, 0.15) is 85.8 Å². The molecule has 1 aromatic heterocycles. The van der Waals surface area contributed by atoms with Gasteiger partial charge in [-0.15, -0.1) is 0 Å². The number of likely N-dealkylation sites (tertiary alicyclic amines) is 1. The molecular formula is C27H35N5O5S. The number of ketones is 1. The number of nitrogens with one attached hydrogen (secondary N) is 1. The van der Waals surface area contributed by atoms with E-state index in [-0.39, 0.29) is 35.8 Å². The fourth-order valence-corrected chi connectivity index (χ4v) is 7.44. The Hall–Kier alpha value is -3.00. The lowest BCUT2D eigenvalue weighted by atomic mass is 9.95. The van der Waals surface area contributed by atoms with E-state index in [9.17, 15) is 28.1 Å². The van der Waals surface area contributed by atoms with E-state index in [1.54, 1.807) is 11.0 Å². The van der Waals surface area contributed by atoms with E-state index in [0.29, 0.717) is 61.5 Å². The average Bonchev–Trinajstić information content (AvgIpc) is 3.49. The molecule has 2 amide bonds. The van der Waals surface area contributed by atoms with Crippen molar-refractivity contribution in [2.75, 3.05) is 30.3 Å². The maximum Gasteiger partial charge on any atom is 0.236 e. The molecule has 0 bridgehead atoms. The van der Waals surface area contributed by atoms with Crippen molar-refractivity contribution in [3.05, 3.63) is 22.9 Å². The quantitative estimate of drug-likeness (QED) is 0.470. The van der Waals surface area contributed by atoms with E-state index in [1.807, 2.05) is 4.90 Å². The second kappa shape index (κ2) is 11.0. The van der Waals surface area contributed by atoms with Crippen LogP contribution in [-0.4, -0.2) is 61.3 Å². The first kappa shape index (κ1) is 26.6. The third kappa shape index (κ3) is 6.01. The van der Waals surface area contributed by atoms with Gasteiger partial charge in [-0.2, -0.15) is 5.26 Å². The van der Waals surface area contributed by atoms with Crippen molar-refractivity contribution in [2.24, 2.45) is 17.8 Å². The second-order valence-electron chi connectivity index (χ2n) is 11.2. The van der Waals surface area contributed by atoms with Crippen LogP contribution in [0.4, 0.5) is 5.82 Å². The smallest absolute Gasteiger partial charge is 0.236 e. The lowest BCUT2D eigenvalue weighted by Crippen LogP contribution is -2.44. The molecule has 2 saturated carbocycles. The molecule has 0 unspecified atom stereocenters. The summed E-state index contributed by atoms with van der Waals surface area (Å²) in [6.07, 6.45) is 7.64. The number of pyridine rings is 1. The summed E-state index contributed by atoms with van der Waals surface area (Å²) in [5.41, 5.74) is 1.24. The molecule has 0 aromatic carbocycles. The first-order valence-corrected chi connectivity index (χ1v) is 15.4. The van der Waals surface area contributed by atoms with Gasteiger partial charge in [0.25, 0.3) is 0 Å². The Morgan fingerprint density at radius 2 is 1.74 bits per heavy atom. The highest BCUT2D eigenvalue weighted by molar-refractivity contribution is 7.90. The van der Waals surface area contributed by atoms with E-state index in [2.05, 4.69) is 10.8 Å². The number of anilines is 1. The van der Waals surface area contributed by atoms with Crippen molar-refractivity contribution in [3.8, 4) is 6.07 Å². The van der Waals surface area contributed by atoms with Crippen LogP contribution in [0.5, 0.6) is 0 Å². The van der Waals surface area contributed by atoms with Crippen LogP contribution in [0.3, 0.4) is 0 Å². The molecule has 0 atom stereocenters. The summed E-state index contributed by atoms with van der Waals surface area (Å²) in [7, 11) is -3.66. The molecule has 204 valence electrons. The van der Waals surface area contributed by atoms with Gasteiger partial charge >= 0.3 is 0 Å². The average molecular weight is 542 g/mol. The number of hydrogen-bond donors (Lipinski definition) is 1. The number of carbonyl (C=O) groups excluding carboxylic acids is 3. The fourth-order valence-electron chi connectivity index (χ4n) is 5.93. The highest BCUT2D eigenvalue weighted by Crippen LogP contribution is 2.35. The number of nitriles is 1. The molecule has 4 fully saturated rings. The van der Waals surface area contributed by atoms with E-state index < -0.39 is 21.8 Å². The van der Waals surface area contributed by atoms with Crippen LogP contribution in [0.25, 0.3) is 0 Å². The minimum atomic E-state index is -3.66. The van der Waals surface area contributed by atoms with Crippen molar-refractivity contribution in [1.29, 1.82) is 5.26 Å². The first-order valence-electron chi connectivity index (χ1n) is 13.8. The molecule has 38 heavy (non-hydrogen) atoms. The van der Waals surface area contributed by atoms with Gasteiger partial charge in [-0.05, 0) is 56.9 Å². The van der Waals surface area contributed by atoms with Gasteiger partial charge in [-0.1, -0.05) is 12.8 Å². The van der Waals surface area contributed by atoms with Crippen LogP contribution < -0.4 is 9.62 Å². The molecule has 5 rings (SSSR count). The van der Waals surface area contributed by atoms with E-state index in [0.717, 1.165) is 44.9 Å². The molecule has 2 aliphatic carbocycles. The molecule has 0 radical (unpaired) electrons. The molecule has 1 aromatic rings. The van der Waals surface area contributed by atoms with Crippen molar-refractivity contribution < 1.29 is 22.8 Å².